The fraction of sp³-hybridized carbons (Fsp3) is 0.391. The van der Waals surface area contributed by atoms with Gasteiger partial charge in [0.15, 0.2) is 12.4 Å². The zero-order chi connectivity index (χ0) is 47.8. The van der Waals surface area contributed by atoms with Gasteiger partial charge in [-0.05, 0) is 34.4 Å². The summed E-state index contributed by atoms with van der Waals surface area (Å²) in [5.41, 5.74) is 12.5. The summed E-state index contributed by atoms with van der Waals surface area (Å²) in [7, 11) is 0. The molecule has 0 spiro atoms. The summed E-state index contributed by atoms with van der Waals surface area (Å²) in [6.07, 6.45) is -12.8. The average Bonchev–Trinajstić information content (AvgIpc) is 3.33. The second-order valence-electron chi connectivity index (χ2n) is 15.0. The molecule has 2 heterocycles. The minimum atomic E-state index is -2.42. The summed E-state index contributed by atoms with van der Waals surface area (Å²) < 4.78 is 59.9. The molecule has 17 nitrogen and oxygen atoms in total. The molecular formula is C46H46Cl4N4O13. The maximum Gasteiger partial charge on any atom is 0.338 e. The lowest BCUT2D eigenvalue weighted by molar-refractivity contribution is -0.347. The van der Waals surface area contributed by atoms with Crippen LogP contribution >= 0.6 is 46.4 Å². The Kier molecular flexibility index (Phi) is 19.5. The number of benzene rings is 4. The van der Waals surface area contributed by atoms with Crippen LogP contribution in [0.25, 0.3) is 10.4 Å². The zero-order valence-corrected chi connectivity index (χ0v) is 38.7. The van der Waals surface area contributed by atoms with Gasteiger partial charge in [0.05, 0.1) is 25.4 Å². The monoisotopic (exact) mass is 1000 g/mol. The van der Waals surface area contributed by atoms with Crippen LogP contribution in [-0.2, 0) is 76.8 Å². The third kappa shape index (κ3) is 15.0. The van der Waals surface area contributed by atoms with Crippen LogP contribution in [0.5, 0.6) is 0 Å². The topological polar surface area (TPSA) is 216 Å². The van der Waals surface area contributed by atoms with Crippen LogP contribution in [-0.4, -0.2) is 108 Å². The maximum absolute atomic E-state index is 13.9. The SMILES string of the molecule is CC(=O)OCC1OC(OC2C(COC(=O)CCl)OC(OC(=N)C(Cl)(Cl)Cl)C(OC(=O)c3ccccc3)C2OCc2ccccc2)C(N=[N+]=[N-])C(OCc2ccccc2)C1OCc1ccccc1. The van der Waals surface area contributed by atoms with E-state index in [4.69, 9.17) is 99.2 Å². The van der Waals surface area contributed by atoms with Crippen LogP contribution in [0.3, 0.4) is 0 Å². The number of halogens is 4. The van der Waals surface area contributed by atoms with Crippen molar-refractivity contribution in [1.29, 1.82) is 5.41 Å². The molecule has 21 heteroatoms. The highest BCUT2D eigenvalue weighted by Crippen LogP contribution is 2.38. The Labute approximate surface area is 405 Å². The molecular weight excluding hydrogens is 958 g/mol. The standard InChI is InChI=1S/C46H46Cl4N4O13/c1-28(55)58-26-33-37(60-23-29-14-6-2-7-15-29)39(61-24-30-16-8-3-9-17-30)36(53-54-52)43(63-33)66-38-34(27-59-35(56)22-47)64-44(67-45(51)46(48,49)50)41(65-42(57)32-20-12-5-13-21-32)40(38)62-25-31-18-10-4-11-19-31/h2-21,33-34,36-41,43-44,51H,22-27H2,1H3. The van der Waals surface area contributed by atoms with E-state index in [1.807, 2.05) is 60.7 Å². The molecule has 356 valence electrons. The predicted molar refractivity (Wildman–Crippen MR) is 243 cm³/mol. The highest BCUT2D eigenvalue weighted by atomic mass is 35.6. The summed E-state index contributed by atoms with van der Waals surface area (Å²) in [6.45, 7) is 0.145. The van der Waals surface area contributed by atoms with E-state index in [0.29, 0.717) is 5.56 Å². The van der Waals surface area contributed by atoms with Gasteiger partial charge >= 0.3 is 17.9 Å². The summed E-state index contributed by atoms with van der Waals surface area (Å²) in [5, 5.41) is 12.6. The fourth-order valence-corrected chi connectivity index (χ4v) is 7.33. The molecule has 1 N–H and O–H groups in total. The molecule has 0 bridgehead atoms. The number of azide groups is 1. The second kappa shape index (κ2) is 25.4. The van der Waals surface area contributed by atoms with Crippen molar-refractivity contribution in [2.45, 2.75) is 91.9 Å². The number of hydrogen-bond donors (Lipinski definition) is 1. The second-order valence-corrected chi connectivity index (χ2v) is 17.5. The third-order valence-corrected chi connectivity index (χ3v) is 11.0. The Morgan fingerprint density at radius 2 is 1.13 bits per heavy atom. The molecule has 10 atom stereocenters. The first-order chi connectivity index (χ1) is 32.3. The van der Waals surface area contributed by atoms with Gasteiger partial charge in [0, 0.05) is 11.8 Å². The van der Waals surface area contributed by atoms with Crippen molar-refractivity contribution in [2.24, 2.45) is 5.11 Å². The quantitative estimate of drug-likeness (QED) is 0.0129. The molecule has 2 aliphatic rings. The van der Waals surface area contributed by atoms with Gasteiger partial charge < -0.3 is 47.4 Å². The molecule has 4 aromatic carbocycles. The van der Waals surface area contributed by atoms with E-state index in [0.717, 1.165) is 11.1 Å². The van der Waals surface area contributed by atoms with Gasteiger partial charge in [-0.1, -0.05) is 149 Å². The van der Waals surface area contributed by atoms with Crippen LogP contribution in [0, 0.1) is 5.41 Å². The number of rotatable bonds is 20. The van der Waals surface area contributed by atoms with Gasteiger partial charge in [-0.25, -0.2) is 4.79 Å². The molecule has 2 aliphatic heterocycles. The fourth-order valence-electron chi connectivity index (χ4n) is 7.12. The van der Waals surface area contributed by atoms with E-state index in [1.54, 1.807) is 48.5 Å². The van der Waals surface area contributed by atoms with E-state index in [9.17, 15) is 19.9 Å². The van der Waals surface area contributed by atoms with Gasteiger partial charge in [-0.3, -0.25) is 15.0 Å². The van der Waals surface area contributed by atoms with Crippen molar-refractivity contribution in [1.82, 2.24) is 0 Å². The molecule has 0 radical (unpaired) electrons. The molecule has 4 aromatic rings. The molecule has 67 heavy (non-hydrogen) atoms. The highest BCUT2D eigenvalue weighted by Gasteiger charge is 2.56. The van der Waals surface area contributed by atoms with E-state index in [1.165, 1.54) is 19.1 Å². The van der Waals surface area contributed by atoms with E-state index in [2.05, 4.69) is 10.0 Å². The van der Waals surface area contributed by atoms with Crippen molar-refractivity contribution in [3.8, 4) is 0 Å². The number of nitrogens with zero attached hydrogens (tertiary/aromatic N) is 3. The predicted octanol–water partition coefficient (Wildman–Crippen LogP) is 8.19. The summed E-state index contributed by atoms with van der Waals surface area (Å²) in [5.74, 6) is -3.84. The van der Waals surface area contributed by atoms with E-state index >= 15 is 0 Å². The van der Waals surface area contributed by atoms with Crippen LogP contribution < -0.4 is 0 Å². The molecule has 0 aliphatic carbocycles. The lowest BCUT2D eigenvalue weighted by atomic mass is 9.95. The maximum atomic E-state index is 13.9. The van der Waals surface area contributed by atoms with Gasteiger partial charge in [0.1, 0.15) is 61.8 Å². The summed E-state index contributed by atoms with van der Waals surface area (Å²) in [6, 6.07) is 33.9. The van der Waals surface area contributed by atoms with Gasteiger partial charge in [0.2, 0.25) is 12.2 Å². The van der Waals surface area contributed by atoms with Crippen molar-refractivity contribution in [2.75, 3.05) is 19.1 Å². The van der Waals surface area contributed by atoms with E-state index < -0.39 is 101 Å². The van der Waals surface area contributed by atoms with Crippen LogP contribution in [0.2, 0.25) is 0 Å². The average molecular weight is 1000 g/mol. The normalized spacial score (nSPS) is 24.9. The minimum absolute atomic E-state index is 0.000788. The Balaban J connectivity index is 1.46. The first-order valence-corrected chi connectivity index (χ1v) is 22.4. The highest BCUT2D eigenvalue weighted by molar-refractivity contribution is 6.76. The van der Waals surface area contributed by atoms with Crippen LogP contribution in [0.4, 0.5) is 0 Å². The number of carbonyl (C=O) groups is 3. The number of hydrogen-bond acceptors (Lipinski definition) is 15. The van der Waals surface area contributed by atoms with Gasteiger partial charge in [-0.2, -0.15) is 0 Å². The smallest absolute Gasteiger partial charge is 0.338 e. The Morgan fingerprint density at radius 3 is 1.64 bits per heavy atom. The van der Waals surface area contributed by atoms with E-state index in [-0.39, 0.29) is 32.0 Å². The Bertz CT molecular complexity index is 2260. The van der Waals surface area contributed by atoms with Crippen LogP contribution in [0.1, 0.15) is 34.0 Å². The van der Waals surface area contributed by atoms with Gasteiger partial charge in [0.25, 0.3) is 3.79 Å². The molecule has 0 saturated carbocycles. The molecule has 0 aromatic heterocycles. The largest absolute Gasteiger partial charge is 0.463 e. The molecule has 10 unspecified atom stereocenters. The minimum Gasteiger partial charge on any atom is -0.463 e. The first-order valence-electron chi connectivity index (χ1n) is 20.7. The van der Waals surface area contributed by atoms with Crippen LogP contribution in [0.15, 0.2) is 126 Å². The molecule has 0 amide bonds. The van der Waals surface area contributed by atoms with Crippen molar-refractivity contribution < 1.29 is 61.8 Å². The van der Waals surface area contributed by atoms with Crippen molar-refractivity contribution in [3.05, 3.63) is 154 Å². The first kappa shape index (κ1) is 51.4. The Hall–Kier alpha value is -5.01. The van der Waals surface area contributed by atoms with Crippen molar-refractivity contribution in [3.63, 3.8) is 0 Å². The lowest BCUT2D eigenvalue weighted by Gasteiger charge is -2.49. The lowest BCUT2D eigenvalue weighted by Crippen LogP contribution is -2.66. The molecule has 2 fully saturated rings. The summed E-state index contributed by atoms with van der Waals surface area (Å²) in [4.78, 5) is 42.0. The number of carbonyl (C=O) groups excluding carboxylic acids is 3. The number of ether oxygens (including phenoxy) is 10. The number of alkyl halides is 4. The number of nitrogens with one attached hydrogen (secondary N) is 1. The zero-order valence-electron chi connectivity index (χ0n) is 35.7. The summed E-state index contributed by atoms with van der Waals surface area (Å²) >= 11 is 24.0. The van der Waals surface area contributed by atoms with Gasteiger partial charge in [-0.15, -0.1) is 11.6 Å². The molecule has 2 saturated heterocycles. The third-order valence-electron chi connectivity index (χ3n) is 10.3. The number of esters is 3. The van der Waals surface area contributed by atoms with Crippen molar-refractivity contribution >= 4 is 70.2 Å². The molecule has 6 rings (SSSR count). The Morgan fingerprint density at radius 1 is 0.657 bits per heavy atom.